The molecule has 0 aromatic rings. The molecule has 4 fully saturated rings. The van der Waals surface area contributed by atoms with Crippen LogP contribution in [-0.4, -0.2) is 126 Å². The third kappa shape index (κ3) is 12.3. The molecule has 4 heterocycles. The van der Waals surface area contributed by atoms with Crippen LogP contribution in [0.3, 0.4) is 0 Å². The Bertz CT molecular complexity index is 1710. The minimum Gasteiger partial charge on any atom is -0.461 e. The summed E-state index contributed by atoms with van der Waals surface area (Å²) in [6, 6.07) is -1.00. The summed E-state index contributed by atoms with van der Waals surface area (Å²) in [5.74, 6) is -6.42. The maximum absolute atomic E-state index is 14.4. The Morgan fingerprint density at radius 1 is 0.810 bits per heavy atom. The first-order valence-corrected chi connectivity index (χ1v) is 23.6. The van der Waals surface area contributed by atoms with Crippen LogP contribution in [0.15, 0.2) is 47.6 Å². The fourth-order valence-corrected chi connectivity index (χ4v) is 11.1. The van der Waals surface area contributed by atoms with E-state index in [4.69, 9.17) is 23.7 Å². The highest BCUT2D eigenvalue weighted by Crippen LogP contribution is 2.45. The molecule has 5 rings (SSSR count). The van der Waals surface area contributed by atoms with E-state index in [2.05, 4.69) is 0 Å². The Hall–Kier alpha value is -3.04. The summed E-state index contributed by atoms with van der Waals surface area (Å²) >= 11 is 0. The van der Waals surface area contributed by atoms with Crippen molar-refractivity contribution < 1.29 is 58.2 Å². The number of esters is 1. The number of ketones is 2. The molecule has 3 N–H and O–H groups in total. The first-order valence-electron chi connectivity index (χ1n) is 23.6. The van der Waals surface area contributed by atoms with Crippen LogP contribution >= 0.6 is 0 Å². The van der Waals surface area contributed by atoms with Crippen molar-refractivity contribution in [2.45, 2.75) is 173 Å². The van der Waals surface area contributed by atoms with E-state index >= 15 is 0 Å². The number of ether oxygens (including phenoxy) is 5. The average molecular weight is 884 g/mol. The second-order valence-corrected chi connectivity index (χ2v) is 19.6. The predicted octanol–water partition coefficient (Wildman–Crippen LogP) is 6.22. The first-order chi connectivity index (χ1) is 29.9. The van der Waals surface area contributed by atoms with Gasteiger partial charge in [0.25, 0.3) is 11.7 Å². The predicted molar refractivity (Wildman–Crippen MR) is 238 cm³/mol. The molecular formula is C50H77NO12. The quantitative estimate of drug-likeness (QED) is 0.162. The van der Waals surface area contributed by atoms with Crippen LogP contribution in [0.25, 0.3) is 0 Å². The fourth-order valence-electron chi connectivity index (χ4n) is 11.1. The molecule has 63 heavy (non-hydrogen) atoms. The Morgan fingerprint density at radius 3 is 2.25 bits per heavy atom. The third-order valence-electron chi connectivity index (χ3n) is 14.9. The van der Waals surface area contributed by atoms with E-state index in [9.17, 15) is 34.5 Å². The van der Waals surface area contributed by atoms with Gasteiger partial charge in [-0.25, -0.2) is 4.79 Å². The number of piperidine rings is 1. The number of hydrogen-bond donors (Lipinski definition) is 3. The largest absolute Gasteiger partial charge is 0.461 e. The molecule has 13 nitrogen and oxygen atoms in total. The molecule has 13 heteroatoms. The van der Waals surface area contributed by atoms with Crippen molar-refractivity contribution >= 4 is 23.4 Å². The summed E-state index contributed by atoms with van der Waals surface area (Å²) in [6.07, 6.45) is 14.2. The number of rotatable bonds is 5. The van der Waals surface area contributed by atoms with Crippen LogP contribution in [0.5, 0.6) is 0 Å². The smallest absolute Gasteiger partial charge is 0.329 e. The average Bonchev–Trinajstić information content (AvgIpc) is 3.26. The summed E-state index contributed by atoms with van der Waals surface area (Å²) in [5, 5.41) is 34.1. The maximum Gasteiger partial charge on any atom is 0.329 e. The van der Waals surface area contributed by atoms with Crippen LogP contribution < -0.4 is 0 Å². The van der Waals surface area contributed by atoms with Crippen molar-refractivity contribution in [3.05, 3.63) is 47.6 Å². The number of aliphatic hydroxyl groups is 3. The van der Waals surface area contributed by atoms with Gasteiger partial charge in [-0.15, -0.1) is 0 Å². The van der Waals surface area contributed by atoms with Crippen LogP contribution in [0.2, 0.25) is 0 Å². The van der Waals surface area contributed by atoms with Crippen LogP contribution in [0.1, 0.15) is 119 Å². The van der Waals surface area contributed by atoms with Gasteiger partial charge >= 0.3 is 5.97 Å². The lowest BCUT2D eigenvalue weighted by Gasteiger charge is -2.50. The lowest BCUT2D eigenvalue weighted by atomic mass is 9.68. The molecule has 0 aromatic heterocycles. The van der Waals surface area contributed by atoms with Gasteiger partial charge in [0.1, 0.15) is 24.4 Å². The summed E-state index contributed by atoms with van der Waals surface area (Å²) in [5.41, 5.74) is 1.52. The molecule has 1 saturated carbocycles. The zero-order valence-electron chi connectivity index (χ0n) is 39.3. The van der Waals surface area contributed by atoms with Gasteiger partial charge in [0.2, 0.25) is 5.79 Å². The van der Waals surface area contributed by atoms with E-state index in [0.717, 1.165) is 12.0 Å². The van der Waals surface area contributed by atoms with Crippen LogP contribution in [-0.2, 0) is 42.9 Å². The Labute approximate surface area is 375 Å². The lowest BCUT2D eigenvalue weighted by molar-refractivity contribution is -0.266. The Balaban J connectivity index is 1.48. The molecule has 1 aliphatic carbocycles. The van der Waals surface area contributed by atoms with E-state index < -0.39 is 72.0 Å². The Morgan fingerprint density at radius 2 is 1.56 bits per heavy atom. The highest BCUT2D eigenvalue weighted by atomic mass is 16.6. The number of fused-ring (bicyclic) bond motifs is 3. The van der Waals surface area contributed by atoms with Gasteiger partial charge in [-0.1, -0.05) is 64.2 Å². The van der Waals surface area contributed by atoms with Gasteiger partial charge in [0.15, 0.2) is 5.78 Å². The minimum absolute atomic E-state index is 0.0550. The van der Waals surface area contributed by atoms with Gasteiger partial charge < -0.3 is 43.9 Å². The SMILES string of the molecule is CO[C@H]1C[C@@H]2CC[C@@H](C)[C@@](O)(O2)C(=O)C(=O)N2CCCC3[C@H]2C(=O)O[C@@H](CC[C@H](C)/C=C(\C)[C@@H](O)[C@@H](OC)C(=O)[C@H](C)C[C@H](C)/C=C/C=C/C=C1C)[C@H]3C[C@H]1CC[C@@H](O)[C@H](OC)C1. The molecule has 354 valence electrons. The topological polar surface area (TPSA) is 178 Å². The fraction of sp³-hybridized carbons (Fsp3) is 0.760. The lowest BCUT2D eigenvalue weighted by Crippen LogP contribution is -2.65. The van der Waals surface area contributed by atoms with Crippen molar-refractivity contribution in [2.24, 2.45) is 41.4 Å². The number of hydrogen-bond acceptors (Lipinski definition) is 12. The van der Waals surface area contributed by atoms with Crippen molar-refractivity contribution in [3.8, 4) is 0 Å². The van der Waals surface area contributed by atoms with Gasteiger partial charge in [0, 0.05) is 52.0 Å². The molecule has 3 saturated heterocycles. The molecule has 4 aliphatic heterocycles. The monoisotopic (exact) mass is 884 g/mol. The molecular weight excluding hydrogens is 807 g/mol. The zero-order valence-corrected chi connectivity index (χ0v) is 39.3. The number of Topliss-reactive ketones (excluding diaryl/α,β-unsaturated/α-hetero) is 2. The minimum atomic E-state index is -2.38. The van der Waals surface area contributed by atoms with Crippen molar-refractivity contribution in [2.75, 3.05) is 27.9 Å². The van der Waals surface area contributed by atoms with E-state index in [-0.39, 0.29) is 53.9 Å². The third-order valence-corrected chi connectivity index (χ3v) is 14.9. The second kappa shape index (κ2) is 22.9. The van der Waals surface area contributed by atoms with Crippen LogP contribution in [0.4, 0.5) is 0 Å². The summed E-state index contributed by atoms with van der Waals surface area (Å²) in [4.78, 5) is 58.0. The summed E-state index contributed by atoms with van der Waals surface area (Å²) in [6.45, 7) is 11.6. The van der Waals surface area contributed by atoms with Gasteiger partial charge in [-0.2, -0.15) is 0 Å². The molecule has 5 aliphatic rings. The normalized spacial score (nSPS) is 42.8. The van der Waals surface area contributed by atoms with E-state index in [1.165, 1.54) is 12.0 Å². The number of nitrogens with zero attached hydrogens (tertiary/aromatic N) is 1. The number of aliphatic hydroxyl groups excluding tert-OH is 2. The van der Waals surface area contributed by atoms with E-state index in [1.807, 2.05) is 64.2 Å². The number of allylic oxidation sites excluding steroid dienone is 6. The van der Waals surface area contributed by atoms with Crippen LogP contribution in [0, 0.1) is 41.4 Å². The molecule has 1 amide bonds. The van der Waals surface area contributed by atoms with Crippen molar-refractivity contribution in [1.82, 2.24) is 4.90 Å². The van der Waals surface area contributed by atoms with Gasteiger partial charge in [0.05, 0.1) is 24.4 Å². The second-order valence-electron chi connectivity index (χ2n) is 19.6. The number of methoxy groups -OCH3 is 3. The molecule has 0 radical (unpaired) electrons. The summed E-state index contributed by atoms with van der Waals surface area (Å²) < 4.78 is 29.7. The molecule has 16 atom stereocenters. The number of amides is 1. The van der Waals surface area contributed by atoms with Gasteiger partial charge in [-0.3, -0.25) is 14.4 Å². The summed E-state index contributed by atoms with van der Waals surface area (Å²) in [7, 11) is 4.65. The van der Waals surface area contributed by atoms with E-state index in [1.54, 1.807) is 28.1 Å². The van der Waals surface area contributed by atoms with Crippen molar-refractivity contribution in [1.29, 1.82) is 0 Å². The number of carbonyl (C=O) groups excluding carboxylic acids is 4. The Kier molecular flexibility index (Phi) is 18.5. The zero-order chi connectivity index (χ0) is 46.2. The molecule has 0 aromatic carbocycles. The van der Waals surface area contributed by atoms with E-state index in [0.29, 0.717) is 76.2 Å². The van der Waals surface area contributed by atoms with Crippen molar-refractivity contribution in [3.63, 3.8) is 0 Å². The molecule has 0 spiro atoms. The molecule has 1 unspecified atom stereocenters. The molecule has 6 bridgehead atoms. The highest BCUT2D eigenvalue weighted by molar-refractivity contribution is 6.39. The van der Waals surface area contributed by atoms with Gasteiger partial charge in [-0.05, 0) is 119 Å². The first kappa shape index (κ1) is 51.0. The highest BCUT2D eigenvalue weighted by Gasteiger charge is 2.56. The number of carbonyl (C=O) groups is 4. The standard InChI is InChI=1S/C50H77NO12/c1-29-14-11-10-12-15-31(3)41(59-7)28-36-20-18-34(6)50(58,63-36)47(55)48(56)51-23-13-16-37-38(26-35-19-21-39(52)42(27-35)60-8)40(62-49(57)43(37)51)22-17-30(2)25-33(5)45(54)46(61-9)44(53)32(4)24-29/h10-12,14-15,25,29-30,32,34-43,45-46,52,54,58H,13,16-24,26-28H2,1-9H3/b12-10+,14-11+,31-15?,33-25+/t29-,30+,32-,34-,35-,36+,37?,38+,39-,40+,41+,42-,43+,45-,46+,50-/m1/s1. The maximum atomic E-state index is 14.4.